The fraction of sp³-hybridized carbons (Fsp3) is 1.00. The molecule has 0 radical (unpaired) electrons. The van der Waals surface area contributed by atoms with E-state index >= 15 is 0 Å². The maximum absolute atomic E-state index is 11.5. The van der Waals surface area contributed by atoms with Gasteiger partial charge in [-0.15, -0.1) is 0 Å². The summed E-state index contributed by atoms with van der Waals surface area (Å²) in [5, 5.41) is 32.6. The summed E-state index contributed by atoms with van der Waals surface area (Å²) >= 11 is 0. The SMILES string of the molecule is CC(C)C1CC[C@H]2[C@@H]3C[C@@H](O)[C@@]4(O)C[C@@H](O)CC[C@]4(C)[C@H]3CC[C@]12C. The van der Waals surface area contributed by atoms with Crippen molar-refractivity contribution >= 4 is 0 Å². The van der Waals surface area contributed by atoms with Crippen LogP contribution in [0.3, 0.4) is 0 Å². The van der Waals surface area contributed by atoms with Gasteiger partial charge in [-0.2, -0.15) is 0 Å². The van der Waals surface area contributed by atoms with Gasteiger partial charge in [0, 0.05) is 11.8 Å². The molecule has 9 atom stereocenters. The lowest BCUT2D eigenvalue weighted by atomic mass is 9.42. The van der Waals surface area contributed by atoms with Gasteiger partial charge in [-0.3, -0.25) is 0 Å². The molecule has 4 rings (SSSR count). The first-order valence-corrected chi connectivity index (χ1v) is 10.7. The summed E-state index contributed by atoms with van der Waals surface area (Å²) in [4.78, 5) is 0. The second-order valence-electron chi connectivity index (χ2n) is 10.8. The minimum atomic E-state index is -1.10. The summed E-state index contributed by atoms with van der Waals surface area (Å²) in [5.41, 5.74) is -0.934. The molecule has 0 aromatic carbocycles. The second kappa shape index (κ2) is 5.69. The molecule has 25 heavy (non-hydrogen) atoms. The van der Waals surface area contributed by atoms with E-state index in [1.807, 2.05) is 0 Å². The molecule has 0 spiro atoms. The van der Waals surface area contributed by atoms with E-state index in [1.165, 1.54) is 25.7 Å². The van der Waals surface area contributed by atoms with E-state index in [2.05, 4.69) is 27.7 Å². The average molecular weight is 351 g/mol. The summed E-state index contributed by atoms with van der Waals surface area (Å²) in [7, 11) is 0. The van der Waals surface area contributed by atoms with Crippen LogP contribution in [0.15, 0.2) is 0 Å². The van der Waals surface area contributed by atoms with Gasteiger partial charge in [-0.05, 0) is 80.0 Å². The fourth-order valence-corrected chi connectivity index (χ4v) is 8.40. The molecular formula is C22H38O3. The van der Waals surface area contributed by atoms with E-state index in [9.17, 15) is 15.3 Å². The van der Waals surface area contributed by atoms with Crippen molar-refractivity contribution in [2.24, 2.45) is 40.4 Å². The lowest BCUT2D eigenvalue weighted by Crippen LogP contribution is -2.68. The van der Waals surface area contributed by atoms with Crippen molar-refractivity contribution in [2.45, 2.75) is 96.9 Å². The molecule has 3 heteroatoms. The maximum Gasteiger partial charge on any atom is 0.0985 e. The van der Waals surface area contributed by atoms with Gasteiger partial charge in [0.1, 0.15) is 0 Å². The van der Waals surface area contributed by atoms with Crippen LogP contribution in [0.2, 0.25) is 0 Å². The third-order valence-corrected chi connectivity index (χ3v) is 9.71. The van der Waals surface area contributed by atoms with Crippen LogP contribution >= 0.6 is 0 Å². The zero-order valence-corrected chi connectivity index (χ0v) is 16.5. The van der Waals surface area contributed by atoms with E-state index < -0.39 is 17.8 Å². The van der Waals surface area contributed by atoms with E-state index in [1.54, 1.807) is 0 Å². The molecule has 4 aliphatic carbocycles. The number of aliphatic hydroxyl groups is 3. The predicted molar refractivity (Wildman–Crippen MR) is 98.9 cm³/mol. The Morgan fingerprint density at radius 2 is 1.64 bits per heavy atom. The van der Waals surface area contributed by atoms with Crippen molar-refractivity contribution in [3.8, 4) is 0 Å². The van der Waals surface area contributed by atoms with E-state index in [-0.39, 0.29) is 5.41 Å². The van der Waals surface area contributed by atoms with Crippen LogP contribution in [0, 0.1) is 40.4 Å². The predicted octanol–water partition coefficient (Wildman–Crippen LogP) is 3.75. The monoisotopic (exact) mass is 350 g/mol. The Labute approximate surface area is 153 Å². The molecular weight excluding hydrogens is 312 g/mol. The first kappa shape index (κ1) is 18.3. The molecule has 3 nitrogen and oxygen atoms in total. The quantitative estimate of drug-likeness (QED) is 0.675. The third-order valence-electron chi connectivity index (χ3n) is 9.71. The van der Waals surface area contributed by atoms with Gasteiger partial charge in [-0.25, -0.2) is 0 Å². The number of fused-ring (bicyclic) bond motifs is 5. The van der Waals surface area contributed by atoms with Crippen molar-refractivity contribution in [1.82, 2.24) is 0 Å². The molecule has 4 fully saturated rings. The summed E-state index contributed by atoms with van der Waals surface area (Å²) in [5.74, 6) is 3.27. The highest BCUT2D eigenvalue weighted by Crippen LogP contribution is 2.68. The molecule has 4 aliphatic rings. The van der Waals surface area contributed by atoms with E-state index in [4.69, 9.17) is 0 Å². The second-order valence-corrected chi connectivity index (χ2v) is 10.8. The Hall–Kier alpha value is -0.120. The highest BCUT2D eigenvalue weighted by atomic mass is 16.3. The largest absolute Gasteiger partial charge is 0.393 e. The first-order chi connectivity index (χ1) is 11.6. The highest BCUT2D eigenvalue weighted by molar-refractivity contribution is 5.17. The summed E-state index contributed by atoms with van der Waals surface area (Å²) in [6, 6.07) is 0. The van der Waals surface area contributed by atoms with Crippen LogP contribution in [-0.2, 0) is 0 Å². The number of hydrogen-bond acceptors (Lipinski definition) is 3. The summed E-state index contributed by atoms with van der Waals surface area (Å²) < 4.78 is 0. The molecule has 0 saturated heterocycles. The van der Waals surface area contributed by atoms with E-state index in [0.717, 1.165) is 31.1 Å². The van der Waals surface area contributed by atoms with Crippen molar-refractivity contribution in [3.05, 3.63) is 0 Å². The van der Waals surface area contributed by atoms with Crippen LogP contribution in [0.5, 0.6) is 0 Å². The smallest absolute Gasteiger partial charge is 0.0985 e. The fourth-order valence-electron chi connectivity index (χ4n) is 8.40. The Morgan fingerprint density at radius 1 is 0.920 bits per heavy atom. The standard InChI is InChI=1S/C22H38O3/c1-13(2)16-5-6-17-15-11-19(24)22(25)12-14(23)7-10-21(22,4)18(15)8-9-20(16,17)3/h13-19,23-25H,5-12H2,1-4H3/t14-,15-,16?,17-,18-,19+,20+,21+,22-/m0/s1. The Kier molecular flexibility index (Phi) is 4.15. The molecule has 0 bridgehead atoms. The van der Waals surface area contributed by atoms with Gasteiger partial charge in [-0.1, -0.05) is 27.7 Å². The van der Waals surface area contributed by atoms with Crippen molar-refractivity contribution in [3.63, 3.8) is 0 Å². The van der Waals surface area contributed by atoms with Crippen LogP contribution in [-0.4, -0.2) is 33.1 Å². The lowest BCUT2D eigenvalue weighted by Gasteiger charge is -2.65. The Morgan fingerprint density at radius 3 is 2.32 bits per heavy atom. The minimum absolute atomic E-state index is 0.244. The number of rotatable bonds is 1. The molecule has 0 amide bonds. The van der Waals surface area contributed by atoms with Crippen molar-refractivity contribution in [2.75, 3.05) is 0 Å². The number of hydrogen-bond donors (Lipinski definition) is 3. The van der Waals surface area contributed by atoms with Gasteiger partial charge in [0.2, 0.25) is 0 Å². The van der Waals surface area contributed by atoms with Crippen LogP contribution in [0.25, 0.3) is 0 Å². The Bertz CT molecular complexity index is 533. The first-order valence-electron chi connectivity index (χ1n) is 10.7. The van der Waals surface area contributed by atoms with Crippen LogP contribution < -0.4 is 0 Å². The van der Waals surface area contributed by atoms with Crippen LogP contribution in [0.4, 0.5) is 0 Å². The normalized spacial score (nSPS) is 58.6. The van der Waals surface area contributed by atoms with E-state index in [0.29, 0.717) is 29.6 Å². The molecule has 0 aliphatic heterocycles. The highest BCUT2D eigenvalue weighted by Gasteiger charge is 2.67. The molecule has 0 aromatic rings. The molecule has 1 unspecified atom stereocenters. The third kappa shape index (κ3) is 2.28. The van der Waals surface area contributed by atoms with Gasteiger partial charge >= 0.3 is 0 Å². The maximum atomic E-state index is 11.5. The molecule has 3 N–H and O–H groups in total. The van der Waals surface area contributed by atoms with Crippen molar-refractivity contribution < 1.29 is 15.3 Å². The molecule has 0 aromatic heterocycles. The van der Waals surface area contributed by atoms with Gasteiger partial charge in [0.15, 0.2) is 0 Å². The Balaban J connectivity index is 1.68. The molecule has 0 heterocycles. The summed E-state index contributed by atoms with van der Waals surface area (Å²) in [6.07, 6.45) is 6.63. The average Bonchev–Trinajstić information content (AvgIpc) is 2.88. The van der Waals surface area contributed by atoms with Gasteiger partial charge in [0.05, 0.1) is 17.8 Å². The summed E-state index contributed by atoms with van der Waals surface area (Å²) in [6.45, 7) is 9.49. The zero-order chi connectivity index (χ0) is 18.2. The zero-order valence-electron chi connectivity index (χ0n) is 16.5. The van der Waals surface area contributed by atoms with Crippen LogP contribution in [0.1, 0.15) is 79.1 Å². The van der Waals surface area contributed by atoms with Gasteiger partial charge < -0.3 is 15.3 Å². The number of aliphatic hydroxyl groups excluding tert-OH is 2. The topological polar surface area (TPSA) is 60.7 Å². The minimum Gasteiger partial charge on any atom is -0.393 e. The lowest BCUT2D eigenvalue weighted by molar-refractivity contribution is -0.264. The van der Waals surface area contributed by atoms with Gasteiger partial charge in [0.25, 0.3) is 0 Å². The molecule has 4 saturated carbocycles. The molecule has 144 valence electrons. The van der Waals surface area contributed by atoms with Crippen molar-refractivity contribution in [1.29, 1.82) is 0 Å².